The molecule has 1 aliphatic rings. The van der Waals surface area contributed by atoms with Crippen LogP contribution in [-0.2, 0) is 4.79 Å². The van der Waals surface area contributed by atoms with Gasteiger partial charge in [0.05, 0.1) is 16.9 Å². The quantitative estimate of drug-likeness (QED) is 0.818. The van der Waals surface area contributed by atoms with Crippen molar-refractivity contribution in [3.63, 3.8) is 0 Å². The Morgan fingerprint density at radius 1 is 1.50 bits per heavy atom. The number of hydrogen-bond acceptors (Lipinski definition) is 3. The summed E-state index contributed by atoms with van der Waals surface area (Å²) < 4.78 is 1.96. The molecule has 2 aromatic heterocycles. The number of aliphatic carboxylic acids is 1. The number of aryl methyl sites for hydroxylation is 1. The molecule has 3 rings (SSSR count). The first-order valence-electron chi connectivity index (χ1n) is 4.76. The zero-order valence-corrected chi connectivity index (χ0v) is 9.28. The molecule has 0 radical (unpaired) electrons. The van der Waals surface area contributed by atoms with E-state index in [-0.39, 0.29) is 0 Å². The third kappa shape index (κ3) is 1.25. The Hall–Kier alpha value is -1.75. The number of carboxylic acids is 1. The molecule has 1 aliphatic heterocycles. The van der Waals surface area contributed by atoms with E-state index >= 15 is 0 Å². The molecular formula is C11H8N2O2S. The topological polar surface area (TPSA) is 54.6 Å². The average molecular weight is 232 g/mol. The van der Waals surface area contributed by atoms with Gasteiger partial charge in [-0.3, -0.25) is 4.40 Å². The number of hydrogen-bond donors (Lipinski definition) is 1. The molecule has 4 nitrogen and oxygen atoms in total. The Bertz CT molecular complexity index is 643. The highest BCUT2D eigenvalue weighted by molar-refractivity contribution is 8.04. The minimum atomic E-state index is -0.896. The molecule has 0 fully saturated rings. The summed E-state index contributed by atoms with van der Waals surface area (Å²) in [6.07, 6.45) is 3.34. The van der Waals surface area contributed by atoms with Gasteiger partial charge in [0, 0.05) is 0 Å². The first-order valence-corrected chi connectivity index (χ1v) is 5.58. The fraction of sp³-hybridized carbons (Fsp3) is 0.0909. The van der Waals surface area contributed by atoms with E-state index in [0.717, 1.165) is 21.9 Å². The fourth-order valence-corrected chi connectivity index (χ4v) is 2.81. The smallest absolute Gasteiger partial charge is 0.342 e. The molecule has 0 bridgehead atoms. The Kier molecular flexibility index (Phi) is 1.85. The standard InChI is InChI=1S/C11H8N2O2S/c1-6-2-9-12-5-7-4-8(11(14)15)16-10(3-6)13(7)9/h2-5H,1H3,(H,14,15). The lowest BCUT2D eigenvalue weighted by Gasteiger charge is -2.13. The molecule has 0 spiro atoms. The van der Waals surface area contributed by atoms with Crippen LogP contribution in [-0.4, -0.2) is 20.5 Å². The summed E-state index contributed by atoms with van der Waals surface area (Å²) in [5.74, 6) is -0.896. The van der Waals surface area contributed by atoms with Crippen molar-refractivity contribution in [1.82, 2.24) is 9.38 Å². The van der Waals surface area contributed by atoms with Crippen molar-refractivity contribution >= 4 is 29.5 Å². The van der Waals surface area contributed by atoms with Crippen LogP contribution in [0.4, 0.5) is 0 Å². The van der Waals surface area contributed by atoms with E-state index in [2.05, 4.69) is 4.98 Å². The SMILES string of the molecule is Cc1cc2n3c(cnc3c1)C=C(C(=O)O)S2. The van der Waals surface area contributed by atoms with Crippen LogP contribution in [0.5, 0.6) is 0 Å². The third-order valence-corrected chi connectivity index (χ3v) is 3.47. The van der Waals surface area contributed by atoms with E-state index < -0.39 is 5.97 Å². The number of carbonyl (C=O) groups is 1. The van der Waals surface area contributed by atoms with Gasteiger partial charge in [0.15, 0.2) is 0 Å². The van der Waals surface area contributed by atoms with Crippen molar-refractivity contribution in [2.75, 3.05) is 0 Å². The summed E-state index contributed by atoms with van der Waals surface area (Å²) in [5.41, 5.74) is 2.76. The number of carboxylic acid groups (broad SMARTS) is 1. The summed E-state index contributed by atoms with van der Waals surface area (Å²) in [6.45, 7) is 1.98. The number of nitrogens with zero attached hydrogens (tertiary/aromatic N) is 2. The van der Waals surface area contributed by atoms with Crippen LogP contribution in [0.1, 0.15) is 11.3 Å². The molecule has 0 amide bonds. The van der Waals surface area contributed by atoms with Crippen molar-refractivity contribution in [1.29, 1.82) is 0 Å². The number of pyridine rings is 1. The van der Waals surface area contributed by atoms with Crippen LogP contribution in [0, 0.1) is 6.92 Å². The van der Waals surface area contributed by atoms with Gasteiger partial charge >= 0.3 is 5.97 Å². The number of thioether (sulfide) groups is 1. The summed E-state index contributed by atoms with van der Waals surface area (Å²) in [4.78, 5) is 15.6. The maximum absolute atomic E-state index is 11.0. The molecule has 0 atom stereocenters. The fourth-order valence-electron chi connectivity index (χ4n) is 1.79. The van der Waals surface area contributed by atoms with Gasteiger partial charge in [-0.15, -0.1) is 0 Å². The summed E-state index contributed by atoms with van der Waals surface area (Å²) >= 11 is 1.26. The molecule has 3 heterocycles. The van der Waals surface area contributed by atoms with E-state index in [1.165, 1.54) is 11.8 Å². The third-order valence-electron chi connectivity index (χ3n) is 2.45. The molecule has 80 valence electrons. The Balaban J connectivity index is 2.33. The maximum atomic E-state index is 11.0. The normalized spacial score (nSPS) is 13.9. The minimum Gasteiger partial charge on any atom is -0.477 e. The van der Waals surface area contributed by atoms with Crippen LogP contribution in [0.3, 0.4) is 0 Å². The largest absolute Gasteiger partial charge is 0.477 e. The van der Waals surface area contributed by atoms with Crippen molar-refractivity contribution in [3.8, 4) is 0 Å². The highest BCUT2D eigenvalue weighted by Gasteiger charge is 2.19. The van der Waals surface area contributed by atoms with Gasteiger partial charge in [0.25, 0.3) is 0 Å². The Labute approximate surface area is 95.6 Å². The van der Waals surface area contributed by atoms with Crippen LogP contribution in [0.15, 0.2) is 28.3 Å². The van der Waals surface area contributed by atoms with Crippen molar-refractivity contribution < 1.29 is 9.90 Å². The molecule has 2 aromatic rings. The van der Waals surface area contributed by atoms with Crippen LogP contribution in [0.25, 0.3) is 11.7 Å². The zero-order chi connectivity index (χ0) is 11.3. The van der Waals surface area contributed by atoms with E-state index in [9.17, 15) is 4.79 Å². The van der Waals surface area contributed by atoms with E-state index in [4.69, 9.17) is 5.11 Å². The minimum absolute atomic E-state index is 0.333. The van der Waals surface area contributed by atoms with Crippen LogP contribution >= 0.6 is 11.8 Å². The zero-order valence-electron chi connectivity index (χ0n) is 8.47. The molecular weight excluding hydrogens is 224 g/mol. The van der Waals surface area contributed by atoms with Crippen LogP contribution < -0.4 is 0 Å². The summed E-state index contributed by atoms with van der Waals surface area (Å²) in [6, 6.07) is 3.95. The molecule has 0 saturated carbocycles. The first kappa shape index (κ1) is 9.47. The second kappa shape index (κ2) is 3.12. The lowest BCUT2D eigenvalue weighted by atomic mass is 10.3. The van der Waals surface area contributed by atoms with Gasteiger partial charge in [0.2, 0.25) is 0 Å². The lowest BCUT2D eigenvalue weighted by Crippen LogP contribution is -2.04. The van der Waals surface area contributed by atoms with Gasteiger partial charge in [0.1, 0.15) is 10.6 Å². The molecule has 5 heteroatoms. The highest BCUT2D eigenvalue weighted by Crippen LogP contribution is 2.34. The van der Waals surface area contributed by atoms with E-state index in [1.807, 2.05) is 23.5 Å². The van der Waals surface area contributed by atoms with Gasteiger partial charge in [-0.25, -0.2) is 9.78 Å². The van der Waals surface area contributed by atoms with Gasteiger partial charge in [-0.2, -0.15) is 0 Å². The van der Waals surface area contributed by atoms with Crippen molar-refractivity contribution in [2.24, 2.45) is 0 Å². The predicted octanol–water partition coefficient (Wildman–Crippen LogP) is 2.17. The number of imidazole rings is 1. The Morgan fingerprint density at radius 3 is 3.06 bits per heavy atom. The monoisotopic (exact) mass is 232 g/mol. The second-order valence-corrected chi connectivity index (χ2v) is 4.73. The maximum Gasteiger partial charge on any atom is 0.342 e. The summed E-state index contributed by atoms with van der Waals surface area (Å²) in [7, 11) is 0. The van der Waals surface area contributed by atoms with Gasteiger partial charge in [-0.05, 0) is 30.7 Å². The van der Waals surface area contributed by atoms with E-state index in [1.54, 1.807) is 12.3 Å². The number of rotatable bonds is 1. The van der Waals surface area contributed by atoms with Crippen molar-refractivity contribution in [3.05, 3.63) is 34.5 Å². The summed E-state index contributed by atoms with van der Waals surface area (Å²) in [5, 5.41) is 9.91. The molecule has 0 unspecified atom stereocenters. The first-order chi connectivity index (χ1) is 7.65. The van der Waals surface area contributed by atoms with E-state index in [0.29, 0.717) is 4.91 Å². The molecule has 0 saturated heterocycles. The van der Waals surface area contributed by atoms with Crippen LogP contribution in [0.2, 0.25) is 0 Å². The lowest BCUT2D eigenvalue weighted by molar-refractivity contribution is -0.131. The molecule has 1 N–H and O–H groups in total. The average Bonchev–Trinajstić information content (AvgIpc) is 2.62. The second-order valence-electron chi connectivity index (χ2n) is 3.66. The molecule has 0 aliphatic carbocycles. The molecule has 16 heavy (non-hydrogen) atoms. The predicted molar refractivity (Wildman–Crippen MR) is 61.4 cm³/mol. The van der Waals surface area contributed by atoms with Gasteiger partial charge in [-0.1, -0.05) is 11.8 Å². The number of aromatic nitrogens is 2. The Morgan fingerprint density at radius 2 is 2.31 bits per heavy atom. The van der Waals surface area contributed by atoms with Crippen molar-refractivity contribution in [2.45, 2.75) is 11.9 Å². The van der Waals surface area contributed by atoms with Gasteiger partial charge < -0.3 is 5.11 Å². The molecule has 0 aromatic carbocycles. The highest BCUT2D eigenvalue weighted by atomic mass is 32.2.